The van der Waals surface area contributed by atoms with Gasteiger partial charge in [-0.2, -0.15) is 0 Å². The molecule has 0 aromatic heterocycles. The third kappa shape index (κ3) is 3.49. The molecule has 1 aliphatic rings. The molecule has 2 nitrogen and oxygen atoms in total. The molecule has 0 bridgehead atoms. The van der Waals surface area contributed by atoms with Crippen molar-refractivity contribution in [2.45, 2.75) is 45.4 Å². The van der Waals surface area contributed by atoms with Gasteiger partial charge in [-0.3, -0.25) is 0 Å². The Morgan fingerprint density at radius 1 is 0.529 bits per heavy atom. The lowest BCUT2D eigenvalue weighted by Gasteiger charge is -2.44. The fourth-order valence-corrected chi connectivity index (χ4v) is 5.54. The maximum absolute atomic E-state index is 3.64. The first-order chi connectivity index (χ1) is 16.2. The maximum atomic E-state index is 3.64. The van der Waals surface area contributed by atoms with E-state index in [1.165, 1.54) is 38.9 Å². The van der Waals surface area contributed by atoms with Gasteiger partial charge >= 0.3 is 0 Å². The van der Waals surface area contributed by atoms with Crippen molar-refractivity contribution >= 4 is 17.1 Å². The van der Waals surface area contributed by atoms with E-state index in [1.54, 1.807) is 0 Å². The monoisotopic (exact) mass is 446 g/mol. The maximum Gasteiger partial charge on any atom is 0.0619 e. The van der Waals surface area contributed by atoms with Crippen molar-refractivity contribution in [3.8, 4) is 11.1 Å². The molecule has 0 radical (unpaired) electrons. The van der Waals surface area contributed by atoms with E-state index < -0.39 is 0 Å². The molecule has 0 saturated heterocycles. The van der Waals surface area contributed by atoms with Gasteiger partial charge in [0.05, 0.1) is 11.4 Å². The number of para-hydroxylation sites is 2. The van der Waals surface area contributed by atoms with E-state index in [1.807, 2.05) is 7.05 Å². The Bertz CT molecular complexity index is 1380. The smallest absolute Gasteiger partial charge is 0.0619 e. The summed E-state index contributed by atoms with van der Waals surface area (Å²) in [6.45, 7) is 11.6. The molecule has 4 aromatic carbocycles. The Morgan fingerprint density at radius 2 is 1.06 bits per heavy atom. The van der Waals surface area contributed by atoms with Crippen molar-refractivity contribution < 1.29 is 0 Å². The Hall–Kier alpha value is -3.52. The third-order valence-corrected chi connectivity index (χ3v) is 7.68. The standard InChI is InChI=1S/C32H34N2/c1-21-15-16-23(20-30(21)34-29-14-10-9-13-28(29)33-6)22-17-18-26-27(19-22)32(4,5)25-12-8-7-11-24(25)31(26,2)3/h7-20,33-34H,1-6H3. The number of rotatable bonds is 4. The lowest BCUT2D eigenvalue weighted by molar-refractivity contribution is 0.521. The molecule has 172 valence electrons. The molecular weight excluding hydrogens is 412 g/mol. The minimum Gasteiger partial charge on any atom is -0.386 e. The van der Waals surface area contributed by atoms with Crippen LogP contribution < -0.4 is 10.6 Å². The first kappa shape index (κ1) is 22.3. The molecule has 0 saturated carbocycles. The average Bonchev–Trinajstić information content (AvgIpc) is 2.84. The Kier molecular flexibility index (Phi) is 5.28. The predicted molar refractivity (Wildman–Crippen MR) is 147 cm³/mol. The second kappa shape index (κ2) is 8.06. The fourth-order valence-electron chi connectivity index (χ4n) is 5.54. The van der Waals surface area contributed by atoms with Crippen LogP contribution in [0.5, 0.6) is 0 Å². The van der Waals surface area contributed by atoms with Crippen LogP contribution in [0.4, 0.5) is 17.1 Å². The summed E-state index contributed by atoms with van der Waals surface area (Å²) in [5.41, 5.74) is 12.6. The van der Waals surface area contributed by atoms with Gasteiger partial charge in [-0.25, -0.2) is 0 Å². The molecule has 0 fully saturated rings. The zero-order valence-corrected chi connectivity index (χ0v) is 21.1. The largest absolute Gasteiger partial charge is 0.386 e. The van der Waals surface area contributed by atoms with Gasteiger partial charge in [0.2, 0.25) is 0 Å². The molecule has 0 spiro atoms. The van der Waals surface area contributed by atoms with Crippen LogP contribution in [0.15, 0.2) is 84.9 Å². The topological polar surface area (TPSA) is 24.1 Å². The van der Waals surface area contributed by atoms with E-state index in [2.05, 4.69) is 130 Å². The summed E-state index contributed by atoms with van der Waals surface area (Å²) in [6, 6.07) is 31.1. The summed E-state index contributed by atoms with van der Waals surface area (Å²) in [6.07, 6.45) is 0. The number of hydrogen-bond donors (Lipinski definition) is 2. The lowest BCUT2D eigenvalue weighted by atomic mass is 9.60. The van der Waals surface area contributed by atoms with Crippen LogP contribution in [0, 0.1) is 6.92 Å². The first-order valence-electron chi connectivity index (χ1n) is 12.1. The van der Waals surface area contributed by atoms with E-state index in [-0.39, 0.29) is 10.8 Å². The van der Waals surface area contributed by atoms with Gasteiger partial charge in [0, 0.05) is 23.6 Å². The number of nitrogens with one attached hydrogen (secondary N) is 2. The van der Waals surface area contributed by atoms with Gasteiger partial charge in [0.15, 0.2) is 0 Å². The summed E-state index contributed by atoms with van der Waals surface area (Å²) in [5.74, 6) is 0. The van der Waals surface area contributed by atoms with Crippen LogP contribution >= 0.6 is 0 Å². The summed E-state index contributed by atoms with van der Waals surface area (Å²) >= 11 is 0. The van der Waals surface area contributed by atoms with Crippen LogP contribution in [0.25, 0.3) is 11.1 Å². The highest BCUT2D eigenvalue weighted by Gasteiger charge is 2.41. The fraction of sp³-hybridized carbons (Fsp3) is 0.250. The Balaban J connectivity index is 1.59. The minimum atomic E-state index is -0.0467. The van der Waals surface area contributed by atoms with E-state index in [0.717, 1.165) is 17.1 Å². The summed E-state index contributed by atoms with van der Waals surface area (Å²) in [5, 5.41) is 6.92. The molecule has 0 atom stereocenters. The van der Waals surface area contributed by atoms with E-state index in [0.29, 0.717) is 0 Å². The minimum absolute atomic E-state index is 0.0170. The van der Waals surface area contributed by atoms with Crippen molar-refractivity contribution in [3.63, 3.8) is 0 Å². The highest BCUT2D eigenvalue weighted by Crippen LogP contribution is 2.50. The highest BCUT2D eigenvalue weighted by atomic mass is 14.9. The normalized spacial score (nSPS) is 15.2. The molecule has 0 unspecified atom stereocenters. The average molecular weight is 447 g/mol. The Labute approximate surface area is 204 Å². The molecule has 0 aliphatic heterocycles. The SMILES string of the molecule is CNc1ccccc1Nc1cc(-c2ccc3c(c2)C(C)(C)c2ccccc2C3(C)C)ccc1C. The molecule has 1 aliphatic carbocycles. The number of hydrogen-bond acceptors (Lipinski definition) is 2. The highest BCUT2D eigenvalue weighted by molar-refractivity contribution is 5.79. The van der Waals surface area contributed by atoms with Crippen LogP contribution in [0.1, 0.15) is 55.5 Å². The molecule has 2 N–H and O–H groups in total. The quantitative estimate of drug-likeness (QED) is 0.329. The van der Waals surface area contributed by atoms with Crippen molar-refractivity contribution in [1.29, 1.82) is 0 Å². The predicted octanol–water partition coefficient (Wildman–Crippen LogP) is 8.41. The van der Waals surface area contributed by atoms with E-state index in [4.69, 9.17) is 0 Å². The molecule has 0 heterocycles. The van der Waals surface area contributed by atoms with Crippen molar-refractivity contribution in [2.75, 3.05) is 17.7 Å². The summed E-state index contributed by atoms with van der Waals surface area (Å²) in [7, 11) is 1.96. The van der Waals surface area contributed by atoms with Gasteiger partial charge in [-0.05, 0) is 70.1 Å². The van der Waals surface area contributed by atoms with Crippen LogP contribution in [-0.4, -0.2) is 7.05 Å². The second-order valence-corrected chi connectivity index (χ2v) is 10.5. The molecule has 5 rings (SSSR count). The molecule has 34 heavy (non-hydrogen) atoms. The van der Waals surface area contributed by atoms with Crippen LogP contribution in [-0.2, 0) is 10.8 Å². The zero-order valence-electron chi connectivity index (χ0n) is 21.1. The second-order valence-electron chi connectivity index (χ2n) is 10.5. The molecule has 4 aromatic rings. The molecule has 0 amide bonds. The summed E-state index contributed by atoms with van der Waals surface area (Å²) < 4.78 is 0. The van der Waals surface area contributed by atoms with Crippen LogP contribution in [0.3, 0.4) is 0 Å². The van der Waals surface area contributed by atoms with Gasteiger partial charge in [0.1, 0.15) is 0 Å². The zero-order chi connectivity index (χ0) is 24.1. The van der Waals surface area contributed by atoms with Crippen LogP contribution in [0.2, 0.25) is 0 Å². The number of aryl methyl sites for hydroxylation is 1. The van der Waals surface area contributed by atoms with Gasteiger partial charge in [-0.15, -0.1) is 0 Å². The number of benzene rings is 4. The van der Waals surface area contributed by atoms with Crippen molar-refractivity contribution in [2.24, 2.45) is 0 Å². The third-order valence-electron chi connectivity index (χ3n) is 7.68. The summed E-state index contributed by atoms with van der Waals surface area (Å²) in [4.78, 5) is 0. The molecular formula is C32H34N2. The van der Waals surface area contributed by atoms with Gasteiger partial charge in [-0.1, -0.05) is 88.4 Å². The Morgan fingerprint density at radius 3 is 1.74 bits per heavy atom. The number of fused-ring (bicyclic) bond motifs is 2. The molecule has 2 heteroatoms. The van der Waals surface area contributed by atoms with Crippen molar-refractivity contribution in [3.05, 3.63) is 113 Å². The van der Waals surface area contributed by atoms with E-state index in [9.17, 15) is 0 Å². The first-order valence-corrected chi connectivity index (χ1v) is 12.1. The van der Waals surface area contributed by atoms with Crippen molar-refractivity contribution in [1.82, 2.24) is 0 Å². The van der Waals surface area contributed by atoms with Gasteiger partial charge in [0.25, 0.3) is 0 Å². The number of anilines is 3. The van der Waals surface area contributed by atoms with Gasteiger partial charge < -0.3 is 10.6 Å². The van der Waals surface area contributed by atoms with E-state index >= 15 is 0 Å². The lowest BCUT2D eigenvalue weighted by Crippen LogP contribution is -2.36.